The number of hydrogen-bond acceptors (Lipinski definition) is 3. The van der Waals surface area contributed by atoms with Crippen LogP contribution in [0.25, 0.3) is 0 Å². The highest BCUT2D eigenvalue weighted by atomic mass is 79.9. The van der Waals surface area contributed by atoms with Gasteiger partial charge in [0, 0.05) is 36.5 Å². The molecule has 2 unspecified atom stereocenters. The van der Waals surface area contributed by atoms with Crippen LogP contribution in [0.1, 0.15) is 37.6 Å². The first-order valence-electron chi connectivity index (χ1n) is 6.35. The lowest BCUT2D eigenvalue weighted by Gasteiger charge is -2.24. The molecule has 2 heterocycles. The van der Waals surface area contributed by atoms with Crippen molar-refractivity contribution in [1.29, 1.82) is 0 Å². The molecule has 0 saturated carbocycles. The van der Waals surface area contributed by atoms with Crippen molar-refractivity contribution in [1.82, 2.24) is 10.2 Å². The average molecular weight is 331 g/mol. The Bertz CT molecular complexity index is 421. The number of carbonyl (C=O) groups excluding carboxylic acids is 1. The molecule has 5 heteroatoms. The third kappa shape index (κ3) is 3.56. The molecule has 0 radical (unpaired) electrons. The number of amides is 1. The second kappa shape index (κ2) is 6.17. The predicted octanol–water partition coefficient (Wildman–Crippen LogP) is 3.17. The van der Waals surface area contributed by atoms with Gasteiger partial charge in [-0.15, -0.1) is 11.3 Å². The Balaban J connectivity index is 1.83. The van der Waals surface area contributed by atoms with Gasteiger partial charge in [-0.2, -0.15) is 0 Å². The zero-order chi connectivity index (χ0) is 13.1. The summed E-state index contributed by atoms with van der Waals surface area (Å²) in [6.07, 6.45) is 1.74. The van der Waals surface area contributed by atoms with Crippen LogP contribution in [0, 0.1) is 0 Å². The van der Waals surface area contributed by atoms with E-state index in [1.807, 2.05) is 4.90 Å². The third-order valence-electron chi connectivity index (χ3n) is 3.22. The summed E-state index contributed by atoms with van der Waals surface area (Å²) in [5.74, 6) is 0.301. The van der Waals surface area contributed by atoms with E-state index in [0.29, 0.717) is 18.0 Å². The van der Waals surface area contributed by atoms with Crippen molar-refractivity contribution in [2.24, 2.45) is 0 Å². The van der Waals surface area contributed by atoms with Gasteiger partial charge in [-0.3, -0.25) is 4.79 Å². The molecule has 100 valence electrons. The van der Waals surface area contributed by atoms with Crippen molar-refractivity contribution >= 4 is 33.2 Å². The van der Waals surface area contributed by atoms with Gasteiger partial charge >= 0.3 is 0 Å². The number of hydrogen-bond donors (Lipinski definition) is 1. The lowest BCUT2D eigenvalue weighted by atomic mass is 10.2. The highest BCUT2D eigenvalue weighted by molar-refractivity contribution is 9.11. The van der Waals surface area contributed by atoms with Crippen molar-refractivity contribution in [3.05, 3.63) is 20.8 Å². The molecular formula is C13H19BrN2OS. The molecule has 3 nitrogen and oxygen atoms in total. The van der Waals surface area contributed by atoms with Crippen LogP contribution in [0.5, 0.6) is 0 Å². The van der Waals surface area contributed by atoms with Gasteiger partial charge in [0.25, 0.3) is 0 Å². The van der Waals surface area contributed by atoms with Gasteiger partial charge < -0.3 is 10.2 Å². The zero-order valence-electron chi connectivity index (χ0n) is 10.8. The van der Waals surface area contributed by atoms with Crippen molar-refractivity contribution in [2.45, 2.75) is 38.8 Å². The fraction of sp³-hybridized carbons (Fsp3) is 0.615. The number of rotatable bonds is 5. The molecule has 1 amide bonds. The molecule has 0 bridgehead atoms. The molecule has 2 rings (SSSR count). The van der Waals surface area contributed by atoms with E-state index in [1.54, 1.807) is 11.3 Å². The molecule has 1 aliphatic heterocycles. The van der Waals surface area contributed by atoms with E-state index in [4.69, 9.17) is 0 Å². The molecule has 1 aliphatic rings. The summed E-state index contributed by atoms with van der Waals surface area (Å²) in [4.78, 5) is 14.9. The van der Waals surface area contributed by atoms with Crippen LogP contribution in [0.2, 0.25) is 0 Å². The fourth-order valence-electron chi connectivity index (χ4n) is 2.35. The third-order valence-corrected chi connectivity index (χ3v) is 5.03. The number of likely N-dealkylation sites (tertiary alicyclic amines) is 1. The minimum atomic E-state index is 0.301. The summed E-state index contributed by atoms with van der Waals surface area (Å²) >= 11 is 5.24. The van der Waals surface area contributed by atoms with E-state index in [0.717, 1.165) is 29.7 Å². The van der Waals surface area contributed by atoms with E-state index in [9.17, 15) is 4.79 Å². The molecule has 1 aromatic heterocycles. The van der Waals surface area contributed by atoms with Crippen molar-refractivity contribution in [3.63, 3.8) is 0 Å². The predicted molar refractivity (Wildman–Crippen MR) is 78.8 cm³/mol. The van der Waals surface area contributed by atoms with Gasteiger partial charge in [-0.1, -0.05) is 0 Å². The first-order chi connectivity index (χ1) is 8.56. The van der Waals surface area contributed by atoms with Gasteiger partial charge in [0.15, 0.2) is 0 Å². The Morgan fingerprint density at radius 1 is 1.50 bits per heavy atom. The molecular weight excluding hydrogens is 312 g/mol. The summed E-state index contributed by atoms with van der Waals surface area (Å²) in [6.45, 7) is 6.05. The highest BCUT2D eigenvalue weighted by Gasteiger charge is 2.22. The van der Waals surface area contributed by atoms with Crippen LogP contribution in [-0.2, 0) is 4.79 Å². The summed E-state index contributed by atoms with van der Waals surface area (Å²) < 4.78 is 1.16. The zero-order valence-corrected chi connectivity index (χ0v) is 13.2. The summed E-state index contributed by atoms with van der Waals surface area (Å²) in [5, 5.41) is 3.55. The Morgan fingerprint density at radius 3 is 2.83 bits per heavy atom. The smallest absolute Gasteiger partial charge is 0.222 e. The van der Waals surface area contributed by atoms with E-state index < -0.39 is 0 Å². The van der Waals surface area contributed by atoms with Crippen LogP contribution in [0.3, 0.4) is 0 Å². The number of carbonyl (C=O) groups is 1. The molecule has 0 spiro atoms. The fourth-order valence-corrected chi connectivity index (χ4v) is 3.79. The van der Waals surface area contributed by atoms with Crippen molar-refractivity contribution in [2.75, 3.05) is 13.1 Å². The maximum atomic E-state index is 11.6. The van der Waals surface area contributed by atoms with Gasteiger partial charge in [0.1, 0.15) is 0 Å². The maximum absolute atomic E-state index is 11.6. The SMILES string of the molecule is CC(CN1CCCC1=O)NC(C)c1ccc(Br)s1. The maximum Gasteiger partial charge on any atom is 0.222 e. The van der Waals surface area contributed by atoms with E-state index >= 15 is 0 Å². The Hall–Kier alpha value is -0.390. The molecule has 0 aliphatic carbocycles. The van der Waals surface area contributed by atoms with Crippen LogP contribution in [0.15, 0.2) is 15.9 Å². The first-order valence-corrected chi connectivity index (χ1v) is 7.96. The van der Waals surface area contributed by atoms with Crippen LogP contribution < -0.4 is 5.32 Å². The highest BCUT2D eigenvalue weighted by Crippen LogP contribution is 2.27. The van der Waals surface area contributed by atoms with E-state index in [1.165, 1.54) is 4.88 Å². The second-order valence-corrected chi connectivity index (χ2v) is 7.37. The monoisotopic (exact) mass is 330 g/mol. The lowest BCUT2D eigenvalue weighted by Crippen LogP contribution is -2.40. The van der Waals surface area contributed by atoms with Crippen molar-refractivity contribution < 1.29 is 4.79 Å². The van der Waals surface area contributed by atoms with E-state index in [-0.39, 0.29) is 0 Å². The minimum Gasteiger partial charge on any atom is -0.341 e. The van der Waals surface area contributed by atoms with Gasteiger partial charge in [-0.25, -0.2) is 0 Å². The molecule has 1 N–H and O–H groups in total. The number of thiophene rings is 1. The Morgan fingerprint density at radius 2 is 2.28 bits per heavy atom. The topological polar surface area (TPSA) is 32.3 Å². The Labute approximate surface area is 121 Å². The molecule has 2 atom stereocenters. The first kappa shape index (κ1) is 14.0. The van der Waals surface area contributed by atoms with E-state index in [2.05, 4.69) is 47.2 Å². The molecule has 1 saturated heterocycles. The van der Waals surface area contributed by atoms with Gasteiger partial charge in [0.2, 0.25) is 5.91 Å². The average Bonchev–Trinajstić information content (AvgIpc) is 2.89. The summed E-state index contributed by atoms with van der Waals surface area (Å²) in [7, 11) is 0. The van der Waals surface area contributed by atoms with Crippen molar-refractivity contribution in [3.8, 4) is 0 Å². The van der Waals surface area contributed by atoms with Crippen LogP contribution in [0.4, 0.5) is 0 Å². The largest absolute Gasteiger partial charge is 0.341 e. The molecule has 0 aromatic carbocycles. The minimum absolute atomic E-state index is 0.301. The molecule has 1 fully saturated rings. The van der Waals surface area contributed by atoms with Gasteiger partial charge in [0.05, 0.1) is 3.79 Å². The summed E-state index contributed by atoms with van der Waals surface area (Å²) in [5.41, 5.74) is 0. The van der Waals surface area contributed by atoms with Crippen LogP contribution in [-0.4, -0.2) is 29.9 Å². The number of nitrogens with zero attached hydrogens (tertiary/aromatic N) is 1. The van der Waals surface area contributed by atoms with Crippen LogP contribution >= 0.6 is 27.3 Å². The normalized spacial score (nSPS) is 19.3. The number of halogens is 1. The quantitative estimate of drug-likeness (QED) is 0.899. The summed E-state index contributed by atoms with van der Waals surface area (Å²) in [6, 6.07) is 4.87. The second-order valence-electron chi connectivity index (χ2n) is 4.87. The standard InChI is InChI=1S/C13H19BrN2OS/c1-9(8-16-7-3-4-13(16)17)15-10(2)11-5-6-12(14)18-11/h5-6,9-10,15H,3-4,7-8H2,1-2H3. The molecule has 18 heavy (non-hydrogen) atoms. The Kier molecular flexibility index (Phi) is 4.81. The van der Waals surface area contributed by atoms with Gasteiger partial charge in [-0.05, 0) is 48.3 Å². The number of nitrogens with one attached hydrogen (secondary N) is 1. The molecule has 1 aromatic rings. The lowest BCUT2D eigenvalue weighted by molar-refractivity contribution is -0.127.